The van der Waals surface area contributed by atoms with Gasteiger partial charge in [0, 0.05) is 6.20 Å². The molecule has 0 fully saturated rings. The summed E-state index contributed by atoms with van der Waals surface area (Å²) in [6.07, 6.45) is 1.35. The third-order valence-electron chi connectivity index (χ3n) is 2.08. The van der Waals surface area contributed by atoms with E-state index >= 15 is 0 Å². The molecule has 0 radical (unpaired) electrons. The normalized spacial score (nSPS) is 9.56. The van der Waals surface area contributed by atoms with Crippen LogP contribution in [0.3, 0.4) is 0 Å². The average molecular weight is 303 g/mol. The van der Waals surface area contributed by atoms with Gasteiger partial charge in [0.25, 0.3) is 5.91 Å². The monoisotopic (exact) mass is 302 g/mol. The zero-order valence-electron chi connectivity index (χ0n) is 9.09. The Balaban J connectivity index is 2.14. The van der Waals surface area contributed by atoms with E-state index in [0.717, 1.165) is 0 Å². The maximum atomic E-state index is 11.8. The van der Waals surface area contributed by atoms with Gasteiger partial charge in [-0.15, -0.1) is 0 Å². The van der Waals surface area contributed by atoms with Crippen molar-refractivity contribution in [1.29, 1.82) is 5.26 Å². The van der Waals surface area contributed by atoms with E-state index in [4.69, 9.17) is 5.26 Å². The van der Waals surface area contributed by atoms with Gasteiger partial charge in [0.15, 0.2) is 0 Å². The van der Waals surface area contributed by atoms with Crippen molar-refractivity contribution in [2.75, 3.05) is 5.32 Å². The first kappa shape index (κ1) is 12.2. The van der Waals surface area contributed by atoms with Crippen LogP contribution in [0.2, 0.25) is 0 Å². The Labute approximate surface area is 112 Å². The molecule has 0 aliphatic heterocycles. The molecule has 1 amide bonds. The zero-order valence-corrected chi connectivity index (χ0v) is 10.7. The van der Waals surface area contributed by atoms with Crippen molar-refractivity contribution in [1.82, 2.24) is 9.97 Å². The van der Waals surface area contributed by atoms with Crippen LogP contribution in [0.5, 0.6) is 0 Å². The van der Waals surface area contributed by atoms with Gasteiger partial charge in [0.2, 0.25) is 0 Å². The number of hydrogen-bond donors (Lipinski definition) is 1. The molecule has 0 saturated carbocycles. The fourth-order valence-corrected chi connectivity index (χ4v) is 1.60. The Morgan fingerprint density at radius 2 is 2.17 bits per heavy atom. The second kappa shape index (κ2) is 5.38. The Hall–Kier alpha value is -2.26. The van der Waals surface area contributed by atoms with Gasteiger partial charge in [0.1, 0.15) is 22.2 Å². The van der Waals surface area contributed by atoms with Gasteiger partial charge in [-0.3, -0.25) is 4.79 Å². The van der Waals surface area contributed by atoms with Crippen molar-refractivity contribution >= 4 is 27.7 Å². The first-order valence-corrected chi connectivity index (χ1v) is 5.78. The number of amides is 1. The lowest BCUT2D eigenvalue weighted by Crippen LogP contribution is -2.14. The van der Waals surface area contributed by atoms with E-state index in [1.807, 2.05) is 6.07 Å². The molecule has 2 aromatic heterocycles. The van der Waals surface area contributed by atoms with Crippen molar-refractivity contribution in [3.8, 4) is 6.07 Å². The van der Waals surface area contributed by atoms with Crippen molar-refractivity contribution in [3.05, 3.63) is 52.4 Å². The van der Waals surface area contributed by atoms with Gasteiger partial charge >= 0.3 is 0 Å². The van der Waals surface area contributed by atoms with E-state index in [2.05, 4.69) is 31.2 Å². The van der Waals surface area contributed by atoms with Crippen LogP contribution >= 0.6 is 15.9 Å². The number of hydrogen-bond acceptors (Lipinski definition) is 4. The topological polar surface area (TPSA) is 78.7 Å². The van der Waals surface area contributed by atoms with Gasteiger partial charge in [-0.1, -0.05) is 6.07 Å². The number of rotatable bonds is 2. The number of carbonyl (C=O) groups is 1. The summed E-state index contributed by atoms with van der Waals surface area (Å²) in [5, 5.41) is 11.2. The molecule has 88 valence electrons. The molecule has 0 bridgehead atoms. The second-order valence-corrected chi connectivity index (χ2v) is 4.16. The number of nitriles is 1. The maximum absolute atomic E-state index is 11.8. The predicted octanol–water partition coefficient (Wildman–Crippen LogP) is 2.36. The second-order valence-electron chi connectivity index (χ2n) is 3.34. The minimum Gasteiger partial charge on any atom is -0.305 e. The predicted molar refractivity (Wildman–Crippen MR) is 68.8 cm³/mol. The quantitative estimate of drug-likeness (QED) is 0.864. The molecule has 0 aromatic carbocycles. The Bertz CT molecular complexity index is 619. The first-order valence-electron chi connectivity index (χ1n) is 4.99. The number of anilines is 1. The molecule has 18 heavy (non-hydrogen) atoms. The minimum absolute atomic E-state index is 0.232. The standard InChI is InChI=1S/C12H7BrN4O/c13-10-2-1-3-11(16-10)17-12(18)9-5-4-8(6-14)7-15-9/h1-5,7H,(H,16,17,18). The van der Waals surface area contributed by atoms with Crippen LogP contribution in [0.1, 0.15) is 16.1 Å². The molecule has 1 N–H and O–H groups in total. The summed E-state index contributed by atoms with van der Waals surface area (Å²) < 4.78 is 0.632. The van der Waals surface area contributed by atoms with Crippen molar-refractivity contribution in [2.45, 2.75) is 0 Å². The van der Waals surface area contributed by atoms with E-state index in [0.29, 0.717) is 16.0 Å². The molecule has 6 heteroatoms. The Kier molecular flexibility index (Phi) is 3.65. The van der Waals surface area contributed by atoms with Crippen molar-refractivity contribution in [3.63, 3.8) is 0 Å². The van der Waals surface area contributed by atoms with E-state index < -0.39 is 0 Å². The van der Waals surface area contributed by atoms with E-state index in [1.54, 1.807) is 18.2 Å². The summed E-state index contributed by atoms with van der Waals surface area (Å²) in [6, 6.07) is 10.2. The van der Waals surface area contributed by atoms with Crippen LogP contribution in [0, 0.1) is 11.3 Å². The van der Waals surface area contributed by atoms with Crippen LogP contribution in [0.15, 0.2) is 41.1 Å². The molecule has 0 aliphatic rings. The smallest absolute Gasteiger partial charge is 0.275 e. The largest absolute Gasteiger partial charge is 0.305 e. The molecule has 0 unspecified atom stereocenters. The van der Waals surface area contributed by atoms with Crippen LogP contribution in [0.4, 0.5) is 5.82 Å². The third kappa shape index (κ3) is 2.90. The Morgan fingerprint density at radius 3 is 2.78 bits per heavy atom. The minimum atomic E-state index is -0.370. The van der Waals surface area contributed by atoms with Crippen LogP contribution in [-0.4, -0.2) is 15.9 Å². The summed E-state index contributed by atoms with van der Waals surface area (Å²) in [4.78, 5) is 19.8. The van der Waals surface area contributed by atoms with Crippen molar-refractivity contribution < 1.29 is 4.79 Å². The van der Waals surface area contributed by atoms with Gasteiger partial charge in [-0.2, -0.15) is 5.26 Å². The number of aromatic nitrogens is 2. The number of nitrogens with one attached hydrogen (secondary N) is 1. The van der Waals surface area contributed by atoms with Gasteiger partial charge in [0.05, 0.1) is 5.56 Å². The van der Waals surface area contributed by atoms with Gasteiger partial charge in [-0.25, -0.2) is 9.97 Å². The zero-order chi connectivity index (χ0) is 13.0. The summed E-state index contributed by atoms with van der Waals surface area (Å²) in [7, 11) is 0. The SMILES string of the molecule is N#Cc1ccc(C(=O)Nc2cccc(Br)n2)nc1. The van der Waals surface area contributed by atoms with E-state index in [9.17, 15) is 4.79 Å². The molecule has 0 atom stereocenters. The number of halogens is 1. The molecular formula is C12H7BrN4O. The van der Waals surface area contributed by atoms with E-state index in [1.165, 1.54) is 18.3 Å². The van der Waals surface area contributed by atoms with E-state index in [-0.39, 0.29) is 11.6 Å². The lowest BCUT2D eigenvalue weighted by atomic mass is 10.2. The average Bonchev–Trinajstić information content (AvgIpc) is 2.39. The van der Waals surface area contributed by atoms with Crippen LogP contribution < -0.4 is 5.32 Å². The highest BCUT2D eigenvalue weighted by Gasteiger charge is 2.08. The fourth-order valence-electron chi connectivity index (χ4n) is 1.25. The molecule has 2 rings (SSSR count). The molecule has 0 spiro atoms. The number of carbonyl (C=O) groups excluding carboxylic acids is 1. The van der Waals surface area contributed by atoms with Gasteiger partial charge in [-0.05, 0) is 40.2 Å². The first-order chi connectivity index (χ1) is 8.69. The summed E-state index contributed by atoms with van der Waals surface area (Å²) in [5.41, 5.74) is 0.642. The molecule has 5 nitrogen and oxygen atoms in total. The molecule has 0 saturated heterocycles. The lowest BCUT2D eigenvalue weighted by Gasteiger charge is -2.03. The highest BCUT2D eigenvalue weighted by Crippen LogP contribution is 2.11. The molecule has 0 aliphatic carbocycles. The molecule has 2 heterocycles. The van der Waals surface area contributed by atoms with Gasteiger partial charge < -0.3 is 5.32 Å². The summed E-state index contributed by atoms with van der Waals surface area (Å²) in [5.74, 6) is 0.0608. The maximum Gasteiger partial charge on any atom is 0.275 e. The van der Waals surface area contributed by atoms with Crippen LogP contribution in [-0.2, 0) is 0 Å². The van der Waals surface area contributed by atoms with Crippen LogP contribution in [0.25, 0.3) is 0 Å². The summed E-state index contributed by atoms with van der Waals surface area (Å²) >= 11 is 3.21. The molecule has 2 aromatic rings. The highest BCUT2D eigenvalue weighted by molar-refractivity contribution is 9.10. The number of nitrogens with zero attached hydrogens (tertiary/aromatic N) is 3. The Morgan fingerprint density at radius 1 is 1.33 bits per heavy atom. The summed E-state index contributed by atoms with van der Waals surface area (Å²) in [6.45, 7) is 0. The lowest BCUT2D eigenvalue weighted by molar-refractivity contribution is 0.102. The molecular weight excluding hydrogens is 296 g/mol. The number of pyridine rings is 2. The third-order valence-corrected chi connectivity index (χ3v) is 2.52. The fraction of sp³-hybridized carbons (Fsp3) is 0. The van der Waals surface area contributed by atoms with Crippen molar-refractivity contribution in [2.24, 2.45) is 0 Å². The highest BCUT2D eigenvalue weighted by atomic mass is 79.9.